The molecule has 0 saturated carbocycles. The summed E-state index contributed by atoms with van der Waals surface area (Å²) in [6, 6.07) is 4.68. The van der Waals surface area contributed by atoms with Crippen LogP contribution in [0.3, 0.4) is 0 Å². The molecular formula is C24H17Cl2F9N2OS. The molecule has 2 aromatic carbocycles. The molecule has 0 fully saturated rings. The maximum absolute atomic E-state index is 13.8. The second-order valence-corrected chi connectivity index (χ2v) is 10.0. The summed E-state index contributed by atoms with van der Waals surface area (Å²) >= 11 is 12.1. The van der Waals surface area contributed by atoms with Gasteiger partial charge in [0.25, 0.3) is 5.91 Å². The van der Waals surface area contributed by atoms with Crippen molar-refractivity contribution in [3.05, 3.63) is 74.3 Å². The monoisotopic (exact) mass is 622 g/mol. The summed E-state index contributed by atoms with van der Waals surface area (Å²) in [5.41, 5.74) is -3.34. The van der Waals surface area contributed by atoms with Crippen LogP contribution in [0.1, 0.15) is 45.5 Å². The fourth-order valence-electron chi connectivity index (χ4n) is 3.29. The molecule has 0 aliphatic heterocycles. The Morgan fingerprint density at radius 1 is 1.05 bits per heavy atom. The first-order chi connectivity index (χ1) is 17.8. The number of carbonyl (C=O) groups excluding carboxylic acids is 1. The quantitative estimate of drug-likeness (QED) is 0.300. The summed E-state index contributed by atoms with van der Waals surface area (Å²) in [4.78, 5) is 12.4. The Labute approximate surface area is 231 Å². The van der Waals surface area contributed by atoms with Crippen molar-refractivity contribution >= 4 is 46.9 Å². The van der Waals surface area contributed by atoms with Crippen LogP contribution < -0.4 is 5.32 Å². The molecule has 2 unspecified atom stereocenters. The Bertz CT molecular complexity index is 1250. The molecule has 0 radical (unpaired) electrons. The lowest BCUT2D eigenvalue weighted by molar-refractivity contribution is -0.139. The molecule has 2 atom stereocenters. The molecule has 0 saturated heterocycles. The van der Waals surface area contributed by atoms with E-state index in [2.05, 4.69) is 5.32 Å². The van der Waals surface area contributed by atoms with Crippen molar-refractivity contribution in [2.24, 2.45) is 0 Å². The van der Waals surface area contributed by atoms with Gasteiger partial charge in [0, 0.05) is 11.8 Å². The number of halogens is 11. The zero-order valence-electron chi connectivity index (χ0n) is 19.5. The van der Waals surface area contributed by atoms with Crippen molar-refractivity contribution in [1.29, 1.82) is 5.26 Å². The summed E-state index contributed by atoms with van der Waals surface area (Å²) in [6.07, 6.45) is -13.1. The number of amides is 1. The van der Waals surface area contributed by atoms with E-state index in [1.807, 2.05) is 0 Å². The van der Waals surface area contributed by atoms with Crippen molar-refractivity contribution in [1.82, 2.24) is 5.32 Å². The van der Waals surface area contributed by atoms with Gasteiger partial charge in [-0.05, 0) is 42.3 Å². The maximum Gasteiger partial charge on any atom is 0.417 e. The van der Waals surface area contributed by atoms with Gasteiger partial charge in [0.2, 0.25) is 0 Å². The Hall–Kier alpha value is -2.56. The maximum atomic E-state index is 13.8. The van der Waals surface area contributed by atoms with Crippen LogP contribution in [0, 0.1) is 11.3 Å². The van der Waals surface area contributed by atoms with E-state index in [4.69, 9.17) is 28.5 Å². The van der Waals surface area contributed by atoms with E-state index in [0.29, 0.717) is 23.9 Å². The van der Waals surface area contributed by atoms with Gasteiger partial charge in [0.05, 0.1) is 38.4 Å². The molecule has 212 valence electrons. The zero-order chi connectivity index (χ0) is 29.8. The second-order valence-electron chi connectivity index (χ2n) is 8.16. The number of nitriles is 1. The van der Waals surface area contributed by atoms with Crippen molar-refractivity contribution in [2.45, 2.75) is 37.4 Å². The van der Waals surface area contributed by atoms with Crippen molar-refractivity contribution < 1.29 is 44.3 Å². The molecule has 2 rings (SSSR count). The third kappa shape index (κ3) is 9.54. The fraction of sp³-hybridized carbons (Fsp3) is 0.333. The lowest BCUT2D eigenvalue weighted by atomic mass is 9.95. The van der Waals surface area contributed by atoms with Crippen LogP contribution in [0.2, 0.25) is 10.0 Å². The van der Waals surface area contributed by atoms with Crippen molar-refractivity contribution in [3.63, 3.8) is 0 Å². The third-order valence-corrected chi connectivity index (χ3v) is 6.84. The topological polar surface area (TPSA) is 52.9 Å². The Morgan fingerprint density at radius 2 is 1.64 bits per heavy atom. The SMILES string of the molecule is CC(CSCC(F)(F)F)NC(=O)c1ccc(/C=C/C(c2cc(Cl)c(C#N)c(Cl)c2)C(F)(F)F)cc1C(F)(F)F. The number of nitrogens with one attached hydrogen (secondary N) is 1. The van der Waals surface area contributed by atoms with Crippen LogP contribution in [-0.4, -0.2) is 35.8 Å². The lowest BCUT2D eigenvalue weighted by Gasteiger charge is -2.19. The van der Waals surface area contributed by atoms with E-state index >= 15 is 0 Å². The molecule has 0 spiro atoms. The smallest absolute Gasteiger partial charge is 0.349 e. The van der Waals surface area contributed by atoms with Crippen LogP contribution in [-0.2, 0) is 6.18 Å². The molecule has 3 nitrogen and oxygen atoms in total. The van der Waals surface area contributed by atoms with Gasteiger partial charge < -0.3 is 5.32 Å². The van der Waals surface area contributed by atoms with Gasteiger partial charge in [0.1, 0.15) is 6.07 Å². The van der Waals surface area contributed by atoms with Crippen LogP contribution >= 0.6 is 35.0 Å². The Balaban J connectivity index is 2.36. The van der Waals surface area contributed by atoms with E-state index in [9.17, 15) is 44.3 Å². The highest BCUT2D eigenvalue weighted by atomic mass is 35.5. The third-order valence-electron chi connectivity index (χ3n) is 4.97. The normalized spacial score (nSPS) is 14.2. The first-order valence-electron chi connectivity index (χ1n) is 10.6. The molecule has 1 N–H and O–H groups in total. The minimum absolute atomic E-state index is 0.227. The molecule has 1 amide bonds. The number of rotatable bonds is 8. The number of thioether (sulfide) groups is 1. The molecule has 0 aliphatic rings. The van der Waals surface area contributed by atoms with Gasteiger partial charge in [-0.3, -0.25) is 4.79 Å². The average molecular weight is 623 g/mol. The highest BCUT2D eigenvalue weighted by molar-refractivity contribution is 7.99. The van der Waals surface area contributed by atoms with Crippen LogP contribution in [0.25, 0.3) is 6.08 Å². The number of allylic oxidation sites excluding steroid dienone is 1. The zero-order valence-corrected chi connectivity index (χ0v) is 21.9. The molecule has 2 aromatic rings. The summed E-state index contributed by atoms with van der Waals surface area (Å²) in [7, 11) is 0. The molecular weight excluding hydrogens is 606 g/mol. The molecule has 0 bridgehead atoms. The van der Waals surface area contributed by atoms with Gasteiger partial charge in [0.15, 0.2) is 0 Å². The van der Waals surface area contributed by atoms with Gasteiger partial charge in [-0.15, -0.1) is 0 Å². The van der Waals surface area contributed by atoms with E-state index in [-0.39, 0.29) is 26.9 Å². The van der Waals surface area contributed by atoms with E-state index in [1.165, 1.54) is 6.92 Å². The molecule has 0 aliphatic carbocycles. The molecule has 39 heavy (non-hydrogen) atoms. The van der Waals surface area contributed by atoms with Crippen LogP contribution in [0.4, 0.5) is 39.5 Å². The number of carbonyl (C=O) groups is 1. The first-order valence-corrected chi connectivity index (χ1v) is 12.5. The predicted molar refractivity (Wildman–Crippen MR) is 131 cm³/mol. The van der Waals surface area contributed by atoms with Crippen LogP contribution in [0.15, 0.2) is 36.4 Å². The first kappa shape index (κ1) is 32.7. The van der Waals surface area contributed by atoms with E-state index < -0.39 is 58.8 Å². The highest BCUT2D eigenvalue weighted by Crippen LogP contribution is 2.40. The number of hydrogen-bond acceptors (Lipinski definition) is 3. The van der Waals surface area contributed by atoms with Gasteiger partial charge in [-0.1, -0.05) is 41.4 Å². The summed E-state index contributed by atoms with van der Waals surface area (Å²) in [6.45, 7) is 1.31. The van der Waals surface area contributed by atoms with E-state index in [1.54, 1.807) is 6.07 Å². The number of benzene rings is 2. The fourth-order valence-corrected chi connectivity index (χ4v) is 4.66. The minimum Gasteiger partial charge on any atom is -0.349 e. The van der Waals surface area contributed by atoms with E-state index in [0.717, 1.165) is 30.3 Å². The molecule has 15 heteroatoms. The number of hydrogen-bond donors (Lipinski definition) is 1. The Kier molecular flexibility index (Phi) is 10.7. The van der Waals surface area contributed by atoms with Gasteiger partial charge in [-0.2, -0.15) is 56.5 Å². The number of alkyl halides is 9. The summed E-state index contributed by atoms with van der Waals surface area (Å²) < 4.78 is 119. The minimum atomic E-state index is -5.08. The van der Waals surface area contributed by atoms with Crippen molar-refractivity contribution in [3.8, 4) is 6.07 Å². The van der Waals surface area contributed by atoms with Crippen molar-refractivity contribution in [2.75, 3.05) is 11.5 Å². The summed E-state index contributed by atoms with van der Waals surface area (Å²) in [5, 5.41) is 10.5. The Morgan fingerprint density at radius 3 is 2.13 bits per heavy atom. The number of nitrogens with zero attached hydrogens (tertiary/aromatic N) is 1. The second kappa shape index (κ2) is 12.7. The standard InChI is InChI=1S/C24H17Cl2F9N2OS/c1-12(10-39-11-22(27,28)29)37-21(38)15-4-2-13(6-18(15)24(33,34)35)3-5-17(23(30,31)32)14-7-19(25)16(9-36)20(26)8-14/h2-8,12,17H,10-11H2,1H3,(H,37,38)/b5-3+. The van der Waals surface area contributed by atoms with Gasteiger partial charge in [-0.25, -0.2) is 0 Å². The highest BCUT2D eigenvalue weighted by Gasteiger charge is 2.40. The largest absolute Gasteiger partial charge is 0.417 e. The van der Waals surface area contributed by atoms with Crippen LogP contribution in [0.5, 0.6) is 0 Å². The van der Waals surface area contributed by atoms with Gasteiger partial charge >= 0.3 is 18.5 Å². The molecule has 0 heterocycles. The molecule has 0 aromatic heterocycles. The lowest BCUT2D eigenvalue weighted by Crippen LogP contribution is -2.35. The predicted octanol–water partition coefficient (Wildman–Crippen LogP) is 8.66. The average Bonchev–Trinajstić information content (AvgIpc) is 2.76. The summed E-state index contributed by atoms with van der Waals surface area (Å²) in [5.74, 6) is -5.00.